The van der Waals surface area contributed by atoms with Crippen LogP contribution in [0.3, 0.4) is 0 Å². The first-order chi connectivity index (χ1) is 12.4. The maximum absolute atomic E-state index is 12.4. The number of carbonyl (C=O) groups excluding carboxylic acids is 3. The van der Waals surface area contributed by atoms with Crippen molar-refractivity contribution in [3.8, 4) is 0 Å². The zero-order chi connectivity index (χ0) is 18.7. The molecular formula is C19H18ClN3O3. The molecular weight excluding hydrogens is 354 g/mol. The zero-order valence-electron chi connectivity index (χ0n) is 14.2. The molecule has 1 atom stereocenters. The van der Waals surface area contributed by atoms with E-state index in [1.54, 1.807) is 18.2 Å². The van der Waals surface area contributed by atoms with Crippen LogP contribution in [0.4, 0.5) is 10.5 Å². The van der Waals surface area contributed by atoms with Crippen LogP contribution < -0.4 is 10.6 Å². The molecule has 134 valence electrons. The number of rotatable bonds is 5. The Bertz CT molecular complexity index is 854. The van der Waals surface area contributed by atoms with Gasteiger partial charge in [0.15, 0.2) is 0 Å². The predicted molar refractivity (Wildman–Crippen MR) is 99.0 cm³/mol. The number of hydrogen-bond donors (Lipinski definition) is 2. The van der Waals surface area contributed by atoms with E-state index in [4.69, 9.17) is 11.6 Å². The van der Waals surface area contributed by atoms with Gasteiger partial charge in [-0.05, 0) is 30.2 Å². The fourth-order valence-electron chi connectivity index (χ4n) is 2.73. The minimum absolute atomic E-state index is 0.346. The Morgan fingerprint density at radius 2 is 1.92 bits per heavy atom. The molecule has 2 aromatic carbocycles. The first-order valence-corrected chi connectivity index (χ1v) is 8.53. The number of nitrogens with one attached hydrogen (secondary N) is 2. The monoisotopic (exact) mass is 371 g/mol. The van der Waals surface area contributed by atoms with E-state index in [9.17, 15) is 14.4 Å². The van der Waals surface area contributed by atoms with Crippen LogP contribution in [0.15, 0.2) is 48.5 Å². The molecule has 0 bridgehead atoms. The van der Waals surface area contributed by atoms with E-state index in [0.29, 0.717) is 17.1 Å². The van der Waals surface area contributed by atoms with Crippen LogP contribution in [0.25, 0.3) is 0 Å². The molecule has 0 unspecified atom stereocenters. The minimum Gasteiger partial charge on any atom is -0.325 e. The Morgan fingerprint density at radius 3 is 2.62 bits per heavy atom. The molecule has 2 N–H and O–H groups in total. The standard InChI is InChI=1S/C19H18ClN3O3/c1-12-7-8-14(10-15(12)20)21-17(24)11-23-18(25)16(22-19(23)26)9-13-5-3-2-4-6-13/h2-8,10,16H,9,11H2,1H3,(H,21,24)(H,22,26)/t16-/m0/s1. The summed E-state index contributed by atoms with van der Waals surface area (Å²) >= 11 is 6.03. The molecule has 0 radical (unpaired) electrons. The van der Waals surface area contributed by atoms with Gasteiger partial charge in [0.2, 0.25) is 5.91 Å². The van der Waals surface area contributed by atoms with Crippen molar-refractivity contribution >= 4 is 35.1 Å². The highest BCUT2D eigenvalue weighted by Gasteiger charge is 2.38. The Hall–Kier alpha value is -2.86. The van der Waals surface area contributed by atoms with Crippen LogP contribution >= 0.6 is 11.6 Å². The van der Waals surface area contributed by atoms with Gasteiger partial charge in [-0.1, -0.05) is 48.0 Å². The molecule has 3 rings (SSSR count). The number of amides is 4. The molecule has 1 saturated heterocycles. The van der Waals surface area contributed by atoms with Gasteiger partial charge in [-0.25, -0.2) is 4.79 Å². The summed E-state index contributed by atoms with van der Waals surface area (Å²) in [7, 11) is 0. The molecule has 7 heteroatoms. The van der Waals surface area contributed by atoms with E-state index in [2.05, 4.69) is 10.6 Å². The lowest BCUT2D eigenvalue weighted by Gasteiger charge is -2.13. The van der Waals surface area contributed by atoms with Crippen LogP contribution in [0.2, 0.25) is 5.02 Å². The van der Waals surface area contributed by atoms with Crippen LogP contribution in [0.1, 0.15) is 11.1 Å². The lowest BCUT2D eigenvalue weighted by molar-refractivity contribution is -0.130. The number of nitrogens with zero attached hydrogens (tertiary/aromatic N) is 1. The van der Waals surface area contributed by atoms with E-state index >= 15 is 0 Å². The van der Waals surface area contributed by atoms with Crippen molar-refractivity contribution in [2.24, 2.45) is 0 Å². The van der Waals surface area contributed by atoms with E-state index in [-0.39, 0.29) is 6.54 Å². The molecule has 0 aliphatic carbocycles. The van der Waals surface area contributed by atoms with Gasteiger partial charge in [-0.15, -0.1) is 0 Å². The molecule has 6 nitrogen and oxygen atoms in total. The third kappa shape index (κ3) is 4.03. The molecule has 1 fully saturated rings. The van der Waals surface area contributed by atoms with E-state index in [0.717, 1.165) is 16.0 Å². The summed E-state index contributed by atoms with van der Waals surface area (Å²) in [4.78, 5) is 37.6. The highest BCUT2D eigenvalue weighted by molar-refractivity contribution is 6.31. The number of hydrogen-bond acceptors (Lipinski definition) is 3. The normalized spacial score (nSPS) is 16.5. The third-order valence-electron chi connectivity index (χ3n) is 4.15. The second kappa shape index (κ2) is 7.58. The summed E-state index contributed by atoms with van der Waals surface area (Å²) in [6, 6.07) is 13.3. The van der Waals surface area contributed by atoms with Gasteiger partial charge in [0.05, 0.1) is 0 Å². The first kappa shape index (κ1) is 17.9. The van der Waals surface area contributed by atoms with Crippen LogP contribution in [0, 0.1) is 6.92 Å². The first-order valence-electron chi connectivity index (χ1n) is 8.16. The molecule has 1 heterocycles. The number of imide groups is 1. The Kier molecular flexibility index (Phi) is 5.23. The average Bonchev–Trinajstić information content (AvgIpc) is 2.86. The van der Waals surface area contributed by atoms with E-state index in [1.807, 2.05) is 37.3 Å². The second-order valence-corrected chi connectivity index (χ2v) is 6.54. The van der Waals surface area contributed by atoms with Crippen molar-refractivity contribution in [2.75, 3.05) is 11.9 Å². The maximum atomic E-state index is 12.4. The molecule has 0 spiro atoms. The van der Waals surface area contributed by atoms with Crippen LogP contribution in [0.5, 0.6) is 0 Å². The van der Waals surface area contributed by atoms with Crippen LogP contribution in [-0.4, -0.2) is 35.3 Å². The molecule has 2 aromatic rings. The lowest BCUT2D eigenvalue weighted by Crippen LogP contribution is -2.38. The van der Waals surface area contributed by atoms with Crippen molar-refractivity contribution in [3.05, 3.63) is 64.7 Å². The minimum atomic E-state index is -0.661. The molecule has 0 saturated carbocycles. The SMILES string of the molecule is Cc1ccc(NC(=O)CN2C(=O)N[C@@H](Cc3ccccc3)C2=O)cc1Cl. The molecule has 26 heavy (non-hydrogen) atoms. The van der Waals surface area contributed by atoms with Gasteiger partial charge in [0.25, 0.3) is 5.91 Å². The molecule has 4 amide bonds. The predicted octanol–water partition coefficient (Wildman–Crippen LogP) is 2.75. The summed E-state index contributed by atoms with van der Waals surface area (Å²) in [6.07, 6.45) is 0.386. The van der Waals surface area contributed by atoms with Gasteiger partial charge >= 0.3 is 6.03 Å². The van der Waals surface area contributed by atoms with Crippen LogP contribution in [-0.2, 0) is 16.0 Å². The molecule has 0 aromatic heterocycles. The number of carbonyl (C=O) groups is 3. The van der Waals surface area contributed by atoms with Gasteiger partial charge in [-0.2, -0.15) is 0 Å². The van der Waals surface area contributed by atoms with Gasteiger partial charge < -0.3 is 10.6 Å². The number of aryl methyl sites for hydroxylation is 1. The summed E-state index contributed by atoms with van der Waals surface area (Å²) < 4.78 is 0. The number of benzene rings is 2. The van der Waals surface area contributed by atoms with E-state index < -0.39 is 23.9 Å². The summed E-state index contributed by atoms with van der Waals surface area (Å²) in [5, 5.41) is 5.80. The molecule has 1 aliphatic heterocycles. The highest BCUT2D eigenvalue weighted by Crippen LogP contribution is 2.20. The van der Waals surface area contributed by atoms with Crippen molar-refractivity contribution in [3.63, 3.8) is 0 Å². The second-order valence-electron chi connectivity index (χ2n) is 6.13. The molecule has 1 aliphatic rings. The lowest BCUT2D eigenvalue weighted by atomic mass is 10.1. The van der Waals surface area contributed by atoms with Gasteiger partial charge in [0.1, 0.15) is 12.6 Å². The van der Waals surface area contributed by atoms with Gasteiger partial charge in [0, 0.05) is 17.1 Å². The highest BCUT2D eigenvalue weighted by atomic mass is 35.5. The van der Waals surface area contributed by atoms with Gasteiger partial charge in [-0.3, -0.25) is 14.5 Å². The topological polar surface area (TPSA) is 78.5 Å². The summed E-state index contributed by atoms with van der Waals surface area (Å²) in [6.45, 7) is 1.51. The smallest absolute Gasteiger partial charge is 0.325 e. The fraction of sp³-hybridized carbons (Fsp3) is 0.211. The number of halogens is 1. The van der Waals surface area contributed by atoms with Crippen molar-refractivity contribution < 1.29 is 14.4 Å². The fourth-order valence-corrected chi connectivity index (χ4v) is 2.91. The van der Waals surface area contributed by atoms with E-state index in [1.165, 1.54) is 0 Å². The Morgan fingerprint density at radius 1 is 1.19 bits per heavy atom. The summed E-state index contributed by atoms with van der Waals surface area (Å²) in [5.74, 6) is -0.871. The zero-order valence-corrected chi connectivity index (χ0v) is 14.9. The van der Waals surface area contributed by atoms with Crippen molar-refractivity contribution in [1.82, 2.24) is 10.2 Å². The number of urea groups is 1. The Labute approximate surface area is 156 Å². The summed E-state index contributed by atoms with van der Waals surface area (Å²) in [5.41, 5.74) is 2.34. The maximum Gasteiger partial charge on any atom is 0.325 e. The number of anilines is 1. The quantitative estimate of drug-likeness (QED) is 0.793. The third-order valence-corrected chi connectivity index (χ3v) is 4.55. The van der Waals surface area contributed by atoms with Crippen molar-refractivity contribution in [1.29, 1.82) is 0 Å². The average molecular weight is 372 g/mol. The largest absolute Gasteiger partial charge is 0.325 e. The van der Waals surface area contributed by atoms with Crippen molar-refractivity contribution in [2.45, 2.75) is 19.4 Å². The Balaban J connectivity index is 1.61.